The van der Waals surface area contributed by atoms with Crippen LogP contribution in [0.15, 0.2) is 30.3 Å². The van der Waals surface area contributed by atoms with E-state index in [1.807, 2.05) is 20.8 Å². The van der Waals surface area contributed by atoms with Crippen LogP contribution in [-0.4, -0.2) is 17.8 Å². The summed E-state index contributed by atoms with van der Waals surface area (Å²) in [4.78, 5) is 11.1. The first-order valence-electron chi connectivity index (χ1n) is 8.47. The van der Waals surface area contributed by atoms with E-state index in [-0.39, 0.29) is 5.41 Å². The molecule has 26 heavy (non-hydrogen) atoms. The third kappa shape index (κ3) is 3.36. The monoisotopic (exact) mass is 377 g/mol. The molecule has 0 unspecified atom stereocenters. The van der Waals surface area contributed by atoms with Gasteiger partial charge in [-0.2, -0.15) is 0 Å². The van der Waals surface area contributed by atoms with Gasteiger partial charge in [-0.3, -0.25) is 0 Å². The number of fused-ring (bicyclic) bond motifs is 1. The van der Waals surface area contributed by atoms with Crippen molar-refractivity contribution in [3.05, 3.63) is 52.3 Å². The number of hydrogen-bond acceptors (Lipinski definition) is 2. The molecule has 4 nitrogen and oxygen atoms in total. The van der Waals surface area contributed by atoms with Crippen molar-refractivity contribution in [2.45, 2.75) is 33.2 Å². The molecule has 0 aromatic heterocycles. The average Bonchev–Trinajstić information content (AvgIpc) is 2.78. The molecule has 138 valence electrons. The Morgan fingerprint density at radius 3 is 2.73 bits per heavy atom. The van der Waals surface area contributed by atoms with Gasteiger partial charge in [-0.05, 0) is 59.7 Å². The standard InChI is InChI=1S/C20H21ClFNO3/c1-4-26-17-6-5-11(8-15(17)21)13-7-12-10-20(2,3)18(23-19(24)25)14(12)9-16(13)22/h5-9,18,23H,4,10H2,1-3H3,(H,24,25)/t18-/m0/s1. The maximum absolute atomic E-state index is 14.8. The van der Waals surface area contributed by atoms with E-state index in [4.69, 9.17) is 21.4 Å². The lowest BCUT2D eigenvalue weighted by atomic mass is 9.85. The van der Waals surface area contributed by atoms with Crippen molar-refractivity contribution < 1.29 is 19.0 Å². The zero-order chi connectivity index (χ0) is 19.1. The minimum absolute atomic E-state index is 0.331. The van der Waals surface area contributed by atoms with Gasteiger partial charge in [-0.1, -0.05) is 31.5 Å². The summed E-state index contributed by atoms with van der Waals surface area (Å²) in [5.74, 6) is 0.158. The number of carbonyl (C=O) groups is 1. The Morgan fingerprint density at radius 2 is 2.12 bits per heavy atom. The molecule has 3 rings (SSSR count). The first kappa shape index (κ1) is 18.5. The fraction of sp³-hybridized carbons (Fsp3) is 0.350. The molecule has 2 N–H and O–H groups in total. The Hall–Kier alpha value is -2.27. The summed E-state index contributed by atoms with van der Waals surface area (Å²) in [7, 11) is 0. The van der Waals surface area contributed by atoms with Gasteiger partial charge >= 0.3 is 6.09 Å². The average molecular weight is 378 g/mol. The molecule has 0 aliphatic heterocycles. The van der Waals surface area contributed by atoms with Gasteiger partial charge in [-0.15, -0.1) is 0 Å². The van der Waals surface area contributed by atoms with E-state index in [9.17, 15) is 9.18 Å². The summed E-state index contributed by atoms with van der Waals surface area (Å²) in [6.45, 7) is 6.31. The number of carboxylic acid groups (broad SMARTS) is 1. The van der Waals surface area contributed by atoms with E-state index in [2.05, 4.69) is 5.32 Å². The Kier molecular flexibility index (Phi) is 4.84. The highest BCUT2D eigenvalue weighted by molar-refractivity contribution is 6.32. The van der Waals surface area contributed by atoms with Crippen molar-refractivity contribution >= 4 is 17.7 Å². The van der Waals surface area contributed by atoms with Crippen LogP contribution in [0.3, 0.4) is 0 Å². The van der Waals surface area contributed by atoms with E-state index in [0.29, 0.717) is 40.5 Å². The van der Waals surface area contributed by atoms with Crippen LogP contribution in [0.1, 0.15) is 37.9 Å². The molecule has 0 bridgehead atoms. The maximum atomic E-state index is 14.8. The van der Waals surface area contributed by atoms with Crippen LogP contribution in [0.4, 0.5) is 9.18 Å². The lowest BCUT2D eigenvalue weighted by Crippen LogP contribution is -2.34. The summed E-state index contributed by atoms with van der Waals surface area (Å²) in [6.07, 6.45) is -0.454. The quantitative estimate of drug-likeness (QED) is 0.746. The second-order valence-corrected chi connectivity index (χ2v) is 7.56. The lowest BCUT2D eigenvalue weighted by Gasteiger charge is -2.27. The number of benzene rings is 2. The molecule has 0 spiro atoms. The van der Waals surface area contributed by atoms with Crippen molar-refractivity contribution in [2.75, 3.05) is 6.61 Å². The number of ether oxygens (including phenoxy) is 1. The second-order valence-electron chi connectivity index (χ2n) is 7.16. The van der Waals surface area contributed by atoms with Crippen molar-refractivity contribution in [1.29, 1.82) is 0 Å². The number of amides is 1. The molecule has 2 aromatic rings. The van der Waals surface area contributed by atoms with Crippen LogP contribution in [-0.2, 0) is 6.42 Å². The first-order valence-corrected chi connectivity index (χ1v) is 8.85. The van der Waals surface area contributed by atoms with Crippen LogP contribution in [0.25, 0.3) is 11.1 Å². The molecule has 0 radical (unpaired) electrons. The molecule has 0 saturated carbocycles. The fourth-order valence-electron chi connectivity index (χ4n) is 3.63. The van der Waals surface area contributed by atoms with Crippen molar-refractivity contribution in [1.82, 2.24) is 5.32 Å². The molecule has 2 aromatic carbocycles. The molecule has 1 atom stereocenters. The first-order chi connectivity index (χ1) is 12.2. The minimum Gasteiger partial charge on any atom is -0.492 e. The molecule has 1 aliphatic rings. The van der Waals surface area contributed by atoms with E-state index < -0.39 is 18.0 Å². The molecule has 0 fully saturated rings. The summed E-state index contributed by atoms with van der Waals surface area (Å²) in [5.41, 5.74) is 2.40. The Bertz CT molecular complexity index is 866. The van der Waals surface area contributed by atoms with Crippen molar-refractivity contribution in [3.8, 4) is 16.9 Å². The Labute approximate surface area is 156 Å². The van der Waals surface area contributed by atoms with E-state index in [0.717, 1.165) is 5.56 Å². The third-order valence-electron chi connectivity index (χ3n) is 4.78. The summed E-state index contributed by atoms with van der Waals surface area (Å²) in [6, 6.07) is 7.97. The highest BCUT2D eigenvalue weighted by atomic mass is 35.5. The fourth-order valence-corrected chi connectivity index (χ4v) is 3.86. The van der Waals surface area contributed by atoms with Crippen LogP contribution in [0.2, 0.25) is 5.02 Å². The normalized spacial score (nSPS) is 17.7. The summed E-state index contributed by atoms with van der Waals surface area (Å²) >= 11 is 6.23. The summed E-state index contributed by atoms with van der Waals surface area (Å²) in [5, 5.41) is 12.0. The molecule has 1 aliphatic carbocycles. The maximum Gasteiger partial charge on any atom is 0.405 e. The smallest absolute Gasteiger partial charge is 0.405 e. The molecule has 0 saturated heterocycles. The Morgan fingerprint density at radius 1 is 1.38 bits per heavy atom. The highest BCUT2D eigenvalue weighted by Gasteiger charge is 2.40. The predicted molar refractivity (Wildman–Crippen MR) is 99.4 cm³/mol. The van der Waals surface area contributed by atoms with Crippen LogP contribution in [0.5, 0.6) is 5.75 Å². The topological polar surface area (TPSA) is 58.6 Å². The largest absolute Gasteiger partial charge is 0.492 e. The number of nitrogens with one attached hydrogen (secondary N) is 1. The minimum atomic E-state index is -1.11. The van der Waals surface area contributed by atoms with E-state index in [1.165, 1.54) is 6.07 Å². The van der Waals surface area contributed by atoms with Gasteiger partial charge in [0.15, 0.2) is 0 Å². The number of halogens is 2. The van der Waals surface area contributed by atoms with Crippen LogP contribution in [0, 0.1) is 11.2 Å². The van der Waals surface area contributed by atoms with Gasteiger partial charge in [-0.25, -0.2) is 9.18 Å². The van der Waals surface area contributed by atoms with Gasteiger partial charge in [0, 0.05) is 5.56 Å². The van der Waals surface area contributed by atoms with Gasteiger partial charge in [0.1, 0.15) is 11.6 Å². The van der Waals surface area contributed by atoms with Gasteiger partial charge in [0.05, 0.1) is 17.7 Å². The third-order valence-corrected chi connectivity index (χ3v) is 5.07. The zero-order valence-corrected chi connectivity index (χ0v) is 15.7. The SMILES string of the molecule is CCOc1ccc(-c2cc3c(cc2F)[C@H](NC(=O)O)C(C)(C)C3)cc1Cl. The predicted octanol–water partition coefficient (Wildman–Crippen LogP) is 5.44. The zero-order valence-electron chi connectivity index (χ0n) is 14.9. The van der Waals surface area contributed by atoms with Gasteiger partial charge in [0.2, 0.25) is 0 Å². The molecular formula is C20H21ClFNO3. The molecular weight excluding hydrogens is 357 g/mol. The highest BCUT2D eigenvalue weighted by Crippen LogP contribution is 2.47. The lowest BCUT2D eigenvalue weighted by molar-refractivity contribution is 0.175. The number of rotatable bonds is 4. The number of hydrogen-bond donors (Lipinski definition) is 2. The van der Waals surface area contributed by atoms with Crippen molar-refractivity contribution in [2.24, 2.45) is 5.41 Å². The van der Waals surface area contributed by atoms with Gasteiger partial charge < -0.3 is 15.2 Å². The van der Waals surface area contributed by atoms with E-state index in [1.54, 1.807) is 24.3 Å². The Balaban J connectivity index is 2.03. The van der Waals surface area contributed by atoms with Crippen LogP contribution >= 0.6 is 11.6 Å². The van der Waals surface area contributed by atoms with Crippen LogP contribution < -0.4 is 10.1 Å². The van der Waals surface area contributed by atoms with Gasteiger partial charge in [0.25, 0.3) is 0 Å². The molecule has 1 amide bonds. The van der Waals surface area contributed by atoms with Crippen molar-refractivity contribution in [3.63, 3.8) is 0 Å². The molecule has 0 heterocycles. The summed E-state index contributed by atoms with van der Waals surface area (Å²) < 4.78 is 20.2. The molecule has 6 heteroatoms. The second kappa shape index (κ2) is 6.80. The van der Waals surface area contributed by atoms with E-state index >= 15 is 0 Å².